The zero-order valence-corrected chi connectivity index (χ0v) is 14.7. The van der Waals surface area contributed by atoms with Crippen LogP contribution >= 0.6 is 0 Å². The molecule has 1 aromatic carbocycles. The lowest BCUT2D eigenvalue weighted by atomic mass is 10.2. The van der Waals surface area contributed by atoms with Gasteiger partial charge in [-0.3, -0.25) is 4.79 Å². The third-order valence-corrected chi connectivity index (χ3v) is 3.86. The maximum atomic E-state index is 12.6. The number of hydrogen-bond acceptors (Lipinski definition) is 4. The number of allylic oxidation sites excluding steroid dienone is 5. The van der Waals surface area contributed by atoms with Gasteiger partial charge in [0.2, 0.25) is 0 Å². The Morgan fingerprint density at radius 3 is 2.81 bits per heavy atom. The number of carbonyl (C=O) groups excluding carboxylic acids is 1. The molecule has 6 heteroatoms. The molecule has 26 heavy (non-hydrogen) atoms. The summed E-state index contributed by atoms with van der Waals surface area (Å²) in [6, 6.07) is 11.4. The predicted molar refractivity (Wildman–Crippen MR) is 104 cm³/mol. The van der Waals surface area contributed by atoms with Crippen molar-refractivity contribution in [1.82, 2.24) is 20.0 Å². The average molecular weight is 345 g/mol. The van der Waals surface area contributed by atoms with Crippen molar-refractivity contribution in [2.75, 3.05) is 5.32 Å². The number of nitrogens with zero attached hydrogens (tertiary/aromatic N) is 4. The number of nitrogens with one attached hydrogen (secondary N) is 1. The van der Waals surface area contributed by atoms with Crippen molar-refractivity contribution in [1.29, 1.82) is 0 Å². The molecule has 0 fully saturated rings. The molecule has 3 aromatic rings. The first kappa shape index (κ1) is 17.3. The van der Waals surface area contributed by atoms with Crippen LogP contribution in [0.25, 0.3) is 16.6 Å². The van der Waals surface area contributed by atoms with Gasteiger partial charge in [-0.15, -0.1) is 5.10 Å². The Hall–Kier alpha value is -3.54. The number of aromatic nitrogens is 4. The number of amides is 1. The van der Waals surface area contributed by atoms with Crippen molar-refractivity contribution < 1.29 is 4.79 Å². The molecule has 1 amide bonds. The standard InChI is InChI=1S/C20H19N5O/c1-4-6-10-16(5-2)25-14(3)19(23-24-25)20(26)22-18-13-12-15-9-7-8-11-17(15)21-18/h4-13H,2H2,1,3H3,(H,21,22,26)/b6-4-,16-10+. The van der Waals surface area contributed by atoms with Gasteiger partial charge in [0, 0.05) is 5.39 Å². The summed E-state index contributed by atoms with van der Waals surface area (Å²) in [5, 5.41) is 11.9. The molecule has 130 valence electrons. The van der Waals surface area contributed by atoms with Gasteiger partial charge in [-0.2, -0.15) is 0 Å². The lowest BCUT2D eigenvalue weighted by Gasteiger charge is -2.06. The van der Waals surface area contributed by atoms with Gasteiger partial charge in [0.05, 0.1) is 16.9 Å². The van der Waals surface area contributed by atoms with Crippen molar-refractivity contribution in [3.8, 4) is 0 Å². The van der Waals surface area contributed by atoms with E-state index in [-0.39, 0.29) is 11.6 Å². The minimum absolute atomic E-state index is 0.244. The van der Waals surface area contributed by atoms with Gasteiger partial charge in [-0.25, -0.2) is 9.67 Å². The third-order valence-electron chi connectivity index (χ3n) is 3.86. The largest absolute Gasteiger partial charge is 0.305 e. The van der Waals surface area contributed by atoms with Crippen molar-refractivity contribution >= 4 is 28.3 Å². The van der Waals surface area contributed by atoms with Crippen molar-refractivity contribution in [2.24, 2.45) is 0 Å². The van der Waals surface area contributed by atoms with Crippen LogP contribution in [0.3, 0.4) is 0 Å². The van der Waals surface area contributed by atoms with Crippen molar-refractivity contribution in [3.05, 3.63) is 78.7 Å². The number of benzene rings is 1. The van der Waals surface area contributed by atoms with Crippen molar-refractivity contribution in [3.63, 3.8) is 0 Å². The molecular weight excluding hydrogens is 326 g/mol. The monoisotopic (exact) mass is 345 g/mol. The highest BCUT2D eigenvalue weighted by atomic mass is 16.2. The molecule has 0 aliphatic rings. The minimum atomic E-state index is -0.356. The molecule has 0 spiro atoms. The van der Waals surface area contributed by atoms with Crippen LogP contribution in [0.2, 0.25) is 0 Å². The number of fused-ring (bicyclic) bond motifs is 1. The topological polar surface area (TPSA) is 72.7 Å². The molecule has 0 unspecified atom stereocenters. The van der Waals surface area contributed by atoms with Crippen LogP contribution in [0.5, 0.6) is 0 Å². The molecule has 3 rings (SSSR count). The number of carbonyl (C=O) groups is 1. The second-order valence-electron chi connectivity index (χ2n) is 5.60. The Bertz CT molecular complexity index is 1030. The average Bonchev–Trinajstić information content (AvgIpc) is 3.04. The summed E-state index contributed by atoms with van der Waals surface area (Å²) >= 11 is 0. The van der Waals surface area contributed by atoms with Crippen molar-refractivity contribution in [2.45, 2.75) is 13.8 Å². The Balaban J connectivity index is 1.87. The summed E-state index contributed by atoms with van der Waals surface area (Å²) in [6.07, 6.45) is 7.28. The molecule has 6 nitrogen and oxygen atoms in total. The van der Waals surface area contributed by atoms with Gasteiger partial charge in [0.15, 0.2) is 5.69 Å². The van der Waals surface area contributed by atoms with E-state index < -0.39 is 0 Å². The van der Waals surface area contributed by atoms with Gasteiger partial charge >= 0.3 is 0 Å². The highest BCUT2D eigenvalue weighted by Gasteiger charge is 2.18. The molecule has 0 radical (unpaired) electrons. The van der Waals surface area contributed by atoms with E-state index in [2.05, 4.69) is 27.2 Å². The van der Waals surface area contributed by atoms with Gasteiger partial charge in [0.25, 0.3) is 5.91 Å². The number of hydrogen-bond donors (Lipinski definition) is 1. The smallest absolute Gasteiger partial charge is 0.279 e. The van der Waals surface area contributed by atoms with Crippen LogP contribution in [0.4, 0.5) is 5.82 Å². The van der Waals surface area contributed by atoms with Gasteiger partial charge < -0.3 is 5.32 Å². The van der Waals surface area contributed by atoms with E-state index in [0.29, 0.717) is 11.5 Å². The Morgan fingerprint density at radius 2 is 2.04 bits per heavy atom. The van der Waals surface area contributed by atoms with Gasteiger partial charge in [-0.1, -0.05) is 42.1 Å². The fourth-order valence-electron chi connectivity index (χ4n) is 2.52. The molecule has 2 heterocycles. The number of anilines is 1. The number of rotatable bonds is 5. The fraction of sp³-hybridized carbons (Fsp3) is 0.100. The summed E-state index contributed by atoms with van der Waals surface area (Å²) in [4.78, 5) is 17.0. The molecule has 0 saturated heterocycles. The van der Waals surface area contributed by atoms with E-state index >= 15 is 0 Å². The molecule has 2 aromatic heterocycles. The van der Waals surface area contributed by atoms with Crippen LogP contribution < -0.4 is 5.32 Å². The van der Waals surface area contributed by atoms with Crippen LogP contribution in [-0.2, 0) is 0 Å². The maximum Gasteiger partial charge on any atom is 0.279 e. The van der Waals surface area contributed by atoms with E-state index in [1.807, 2.05) is 55.5 Å². The first-order valence-corrected chi connectivity index (χ1v) is 8.19. The number of pyridine rings is 1. The fourth-order valence-corrected chi connectivity index (χ4v) is 2.52. The van der Waals surface area contributed by atoms with Gasteiger partial charge in [0.1, 0.15) is 5.82 Å². The molecule has 0 atom stereocenters. The molecule has 0 aliphatic heterocycles. The molecule has 1 N–H and O–H groups in total. The summed E-state index contributed by atoms with van der Waals surface area (Å²) < 4.78 is 1.58. The van der Waals surface area contributed by atoms with E-state index in [0.717, 1.165) is 16.6 Å². The second-order valence-corrected chi connectivity index (χ2v) is 5.60. The predicted octanol–water partition coefficient (Wildman–Crippen LogP) is 3.99. The summed E-state index contributed by atoms with van der Waals surface area (Å²) in [5.41, 5.74) is 2.41. The zero-order chi connectivity index (χ0) is 18.5. The van der Waals surface area contributed by atoms with Gasteiger partial charge in [-0.05, 0) is 44.2 Å². The van der Waals surface area contributed by atoms with Crippen LogP contribution in [0.15, 0.2) is 67.3 Å². The molecule has 0 saturated carbocycles. The zero-order valence-electron chi connectivity index (χ0n) is 14.7. The van der Waals surface area contributed by atoms with Crippen LogP contribution in [0, 0.1) is 6.92 Å². The normalized spacial score (nSPS) is 11.8. The highest BCUT2D eigenvalue weighted by Crippen LogP contribution is 2.16. The number of para-hydroxylation sites is 1. The van der Waals surface area contributed by atoms with E-state index in [1.54, 1.807) is 23.7 Å². The molecule has 0 bridgehead atoms. The van der Waals surface area contributed by atoms with E-state index in [9.17, 15) is 4.79 Å². The summed E-state index contributed by atoms with van der Waals surface area (Å²) in [5.74, 6) is 0.113. The Labute approximate surface area is 151 Å². The van der Waals surface area contributed by atoms with Crippen LogP contribution in [0.1, 0.15) is 23.1 Å². The first-order chi connectivity index (χ1) is 12.6. The van der Waals surface area contributed by atoms with E-state index in [4.69, 9.17) is 0 Å². The maximum absolute atomic E-state index is 12.6. The lowest BCUT2D eigenvalue weighted by molar-refractivity contribution is 0.102. The third kappa shape index (κ3) is 3.44. The first-order valence-electron chi connectivity index (χ1n) is 8.19. The minimum Gasteiger partial charge on any atom is -0.305 e. The highest BCUT2D eigenvalue weighted by molar-refractivity contribution is 6.03. The summed E-state index contributed by atoms with van der Waals surface area (Å²) in [6.45, 7) is 7.49. The quantitative estimate of drug-likeness (QED) is 0.710. The van der Waals surface area contributed by atoms with Crippen LogP contribution in [-0.4, -0.2) is 25.9 Å². The Kier molecular flexibility index (Phi) is 5.03. The van der Waals surface area contributed by atoms with E-state index in [1.165, 1.54) is 0 Å². The summed E-state index contributed by atoms with van der Waals surface area (Å²) in [7, 11) is 0. The SMILES string of the molecule is C=C/C(=C\C=C/C)n1nnc(C(=O)Nc2ccc3ccccc3n2)c1C. The lowest BCUT2D eigenvalue weighted by Crippen LogP contribution is -2.15. The Morgan fingerprint density at radius 1 is 1.23 bits per heavy atom. The second kappa shape index (κ2) is 7.57. The molecule has 0 aliphatic carbocycles. The molecular formula is C20H19N5O.